The summed E-state index contributed by atoms with van der Waals surface area (Å²) >= 11 is 0. The SMILES string of the molecule is CC/C=C\CC/C=C/[C@H]1[C@H](O)CC(=O)[C@@H]1C/C=C\CCCC. The third-order valence-corrected chi connectivity index (χ3v) is 4.27. The standard InChI is InChI=1S/C20H32O2/c1-3-5-7-9-11-13-15-18-17(19(21)16-20(18)22)14-12-10-8-6-4-2/h5,7,10,12-13,15,17-18,20,22H,3-4,6,8-9,11,14,16H2,1-2H3/b7-5-,12-10-,15-13+/t17-,18-,20-/m1/s1. The lowest BCUT2D eigenvalue weighted by Gasteiger charge is -2.15. The number of aliphatic hydroxyl groups is 1. The monoisotopic (exact) mass is 304 g/mol. The normalized spacial score (nSPS) is 26.1. The van der Waals surface area contributed by atoms with Crippen LogP contribution in [-0.2, 0) is 4.79 Å². The first-order chi connectivity index (χ1) is 10.7. The molecule has 0 aromatic rings. The van der Waals surface area contributed by atoms with Crippen molar-refractivity contribution in [3.05, 3.63) is 36.5 Å². The summed E-state index contributed by atoms with van der Waals surface area (Å²) in [6.07, 6.45) is 20.0. The maximum absolute atomic E-state index is 12.1. The average molecular weight is 304 g/mol. The Morgan fingerprint density at radius 3 is 2.50 bits per heavy atom. The number of ketones is 1. The Bertz CT molecular complexity index is 393. The molecule has 0 aromatic heterocycles. The molecular weight excluding hydrogens is 272 g/mol. The molecule has 124 valence electrons. The second-order valence-electron chi connectivity index (χ2n) is 6.16. The lowest BCUT2D eigenvalue weighted by atomic mass is 9.90. The zero-order chi connectivity index (χ0) is 16.2. The molecule has 0 aliphatic heterocycles. The molecule has 1 rings (SSSR count). The van der Waals surface area contributed by atoms with Crippen molar-refractivity contribution in [2.45, 2.75) is 71.3 Å². The maximum Gasteiger partial charge on any atom is 0.139 e. The average Bonchev–Trinajstić information content (AvgIpc) is 2.77. The van der Waals surface area contributed by atoms with Crippen molar-refractivity contribution in [1.29, 1.82) is 0 Å². The first kappa shape index (κ1) is 18.9. The van der Waals surface area contributed by atoms with E-state index in [0.717, 1.165) is 32.1 Å². The summed E-state index contributed by atoms with van der Waals surface area (Å²) in [4.78, 5) is 12.1. The van der Waals surface area contributed by atoms with Crippen LogP contribution in [0.4, 0.5) is 0 Å². The number of unbranched alkanes of at least 4 members (excludes halogenated alkanes) is 3. The highest BCUT2D eigenvalue weighted by molar-refractivity contribution is 5.84. The zero-order valence-electron chi connectivity index (χ0n) is 14.2. The van der Waals surface area contributed by atoms with Gasteiger partial charge in [0, 0.05) is 18.3 Å². The van der Waals surface area contributed by atoms with Gasteiger partial charge in [0.2, 0.25) is 0 Å². The first-order valence-electron chi connectivity index (χ1n) is 8.88. The Morgan fingerprint density at radius 1 is 1.05 bits per heavy atom. The van der Waals surface area contributed by atoms with Crippen LogP contribution in [0.25, 0.3) is 0 Å². The topological polar surface area (TPSA) is 37.3 Å². The summed E-state index contributed by atoms with van der Waals surface area (Å²) in [6.45, 7) is 4.31. The van der Waals surface area contributed by atoms with Gasteiger partial charge in [-0.2, -0.15) is 0 Å². The van der Waals surface area contributed by atoms with E-state index in [4.69, 9.17) is 0 Å². The number of rotatable bonds is 10. The molecule has 1 N–H and O–H groups in total. The molecule has 3 atom stereocenters. The van der Waals surface area contributed by atoms with E-state index < -0.39 is 6.10 Å². The molecule has 0 aromatic carbocycles. The molecule has 2 heteroatoms. The molecule has 0 heterocycles. The minimum atomic E-state index is -0.496. The van der Waals surface area contributed by atoms with Crippen LogP contribution in [0.3, 0.4) is 0 Å². The Kier molecular flexibility index (Phi) is 9.81. The molecular formula is C20H32O2. The lowest BCUT2D eigenvalue weighted by Crippen LogP contribution is -2.17. The van der Waals surface area contributed by atoms with E-state index in [-0.39, 0.29) is 17.6 Å². The van der Waals surface area contributed by atoms with Gasteiger partial charge in [-0.3, -0.25) is 4.79 Å². The molecule has 0 amide bonds. The van der Waals surface area contributed by atoms with Crippen molar-refractivity contribution in [2.75, 3.05) is 0 Å². The van der Waals surface area contributed by atoms with E-state index in [1.54, 1.807) is 0 Å². The van der Waals surface area contributed by atoms with E-state index in [0.29, 0.717) is 6.42 Å². The van der Waals surface area contributed by atoms with Gasteiger partial charge >= 0.3 is 0 Å². The fourth-order valence-corrected chi connectivity index (χ4v) is 2.94. The van der Waals surface area contributed by atoms with Gasteiger partial charge in [-0.1, -0.05) is 63.1 Å². The van der Waals surface area contributed by atoms with Crippen molar-refractivity contribution in [1.82, 2.24) is 0 Å². The van der Waals surface area contributed by atoms with Crippen molar-refractivity contribution in [2.24, 2.45) is 11.8 Å². The zero-order valence-corrected chi connectivity index (χ0v) is 14.2. The molecule has 0 saturated heterocycles. The number of hydrogen-bond donors (Lipinski definition) is 1. The van der Waals surface area contributed by atoms with E-state index in [1.165, 1.54) is 12.8 Å². The van der Waals surface area contributed by atoms with Crippen LogP contribution in [0.5, 0.6) is 0 Å². The van der Waals surface area contributed by atoms with Crippen LogP contribution in [0.15, 0.2) is 36.5 Å². The van der Waals surface area contributed by atoms with Crippen LogP contribution in [0.2, 0.25) is 0 Å². The minimum Gasteiger partial charge on any atom is -0.392 e. The van der Waals surface area contributed by atoms with Gasteiger partial charge in [-0.15, -0.1) is 0 Å². The predicted octanol–water partition coefficient (Wildman–Crippen LogP) is 4.99. The second-order valence-corrected chi connectivity index (χ2v) is 6.16. The van der Waals surface area contributed by atoms with E-state index in [2.05, 4.69) is 50.3 Å². The van der Waals surface area contributed by atoms with E-state index >= 15 is 0 Å². The van der Waals surface area contributed by atoms with Gasteiger partial charge < -0.3 is 5.11 Å². The second kappa shape index (κ2) is 11.4. The molecule has 1 fully saturated rings. The Hall–Kier alpha value is -1.15. The summed E-state index contributed by atoms with van der Waals surface area (Å²) in [7, 11) is 0. The third kappa shape index (κ3) is 6.74. The first-order valence-corrected chi connectivity index (χ1v) is 8.88. The van der Waals surface area contributed by atoms with Gasteiger partial charge in [0.05, 0.1) is 6.10 Å². The van der Waals surface area contributed by atoms with Crippen LogP contribution in [-0.4, -0.2) is 17.0 Å². The summed E-state index contributed by atoms with van der Waals surface area (Å²) in [5.41, 5.74) is 0. The fraction of sp³-hybridized carbons (Fsp3) is 0.650. The summed E-state index contributed by atoms with van der Waals surface area (Å²) in [5, 5.41) is 10.1. The lowest BCUT2D eigenvalue weighted by molar-refractivity contribution is -0.121. The number of carbonyl (C=O) groups excluding carboxylic acids is 1. The van der Waals surface area contributed by atoms with Crippen molar-refractivity contribution in [3.63, 3.8) is 0 Å². The summed E-state index contributed by atoms with van der Waals surface area (Å²) < 4.78 is 0. The van der Waals surface area contributed by atoms with Gasteiger partial charge in [0.15, 0.2) is 0 Å². The number of carbonyl (C=O) groups is 1. The Labute approximate surface area is 136 Å². The van der Waals surface area contributed by atoms with Crippen LogP contribution in [0.1, 0.15) is 65.2 Å². The summed E-state index contributed by atoms with van der Waals surface area (Å²) in [6, 6.07) is 0. The Morgan fingerprint density at radius 2 is 1.77 bits per heavy atom. The van der Waals surface area contributed by atoms with E-state index in [1.807, 2.05) is 0 Å². The van der Waals surface area contributed by atoms with Gasteiger partial charge in [0.1, 0.15) is 5.78 Å². The predicted molar refractivity (Wildman–Crippen MR) is 93.7 cm³/mol. The van der Waals surface area contributed by atoms with E-state index in [9.17, 15) is 9.90 Å². The highest BCUT2D eigenvalue weighted by Crippen LogP contribution is 2.33. The smallest absolute Gasteiger partial charge is 0.139 e. The molecule has 0 radical (unpaired) electrons. The van der Waals surface area contributed by atoms with Crippen molar-refractivity contribution in [3.8, 4) is 0 Å². The largest absolute Gasteiger partial charge is 0.392 e. The maximum atomic E-state index is 12.1. The molecule has 2 nitrogen and oxygen atoms in total. The van der Waals surface area contributed by atoms with Gasteiger partial charge in [-0.25, -0.2) is 0 Å². The van der Waals surface area contributed by atoms with Crippen LogP contribution < -0.4 is 0 Å². The minimum absolute atomic E-state index is 0.00141. The van der Waals surface area contributed by atoms with Gasteiger partial charge in [-0.05, 0) is 32.1 Å². The number of aliphatic hydroxyl groups excluding tert-OH is 1. The van der Waals surface area contributed by atoms with Crippen LogP contribution >= 0.6 is 0 Å². The molecule has 0 spiro atoms. The quantitative estimate of drug-likeness (QED) is 0.456. The Balaban J connectivity index is 2.46. The van der Waals surface area contributed by atoms with Crippen molar-refractivity contribution >= 4 is 5.78 Å². The number of Topliss-reactive ketones (excluding diaryl/α,β-unsaturated/α-hetero) is 1. The fourth-order valence-electron chi connectivity index (χ4n) is 2.94. The number of allylic oxidation sites excluding steroid dienone is 5. The van der Waals surface area contributed by atoms with Crippen LogP contribution in [0, 0.1) is 11.8 Å². The molecule has 0 unspecified atom stereocenters. The number of hydrogen-bond acceptors (Lipinski definition) is 2. The molecule has 1 aliphatic carbocycles. The highest BCUT2D eigenvalue weighted by atomic mass is 16.3. The van der Waals surface area contributed by atoms with Gasteiger partial charge in [0.25, 0.3) is 0 Å². The third-order valence-electron chi connectivity index (χ3n) is 4.27. The molecule has 1 saturated carbocycles. The summed E-state index contributed by atoms with van der Waals surface area (Å²) in [5.74, 6) is 0.182. The highest BCUT2D eigenvalue weighted by Gasteiger charge is 2.38. The molecule has 0 bridgehead atoms. The van der Waals surface area contributed by atoms with Crippen molar-refractivity contribution < 1.29 is 9.90 Å². The molecule has 1 aliphatic rings. The molecule has 22 heavy (non-hydrogen) atoms.